The van der Waals surface area contributed by atoms with Crippen LogP contribution in [-0.2, 0) is 15.7 Å². The largest absolute Gasteiger partial charge is 0.478 e. The molecule has 0 amide bonds. The van der Waals surface area contributed by atoms with Crippen molar-refractivity contribution in [3.8, 4) is 5.75 Å². The molecular formula is C13H13F3O3. The summed E-state index contributed by atoms with van der Waals surface area (Å²) in [4.78, 5) is 11.5. The summed E-state index contributed by atoms with van der Waals surface area (Å²) in [6, 6.07) is 4.27. The lowest BCUT2D eigenvalue weighted by Gasteiger charge is -2.16. The van der Waals surface area contributed by atoms with Gasteiger partial charge in [0.25, 0.3) is 0 Å². The monoisotopic (exact) mass is 274 g/mol. The molecule has 2 rings (SSSR count). The van der Waals surface area contributed by atoms with Crippen LogP contribution in [-0.4, -0.2) is 19.2 Å². The summed E-state index contributed by atoms with van der Waals surface area (Å²) in [5, 5.41) is 0. The van der Waals surface area contributed by atoms with Gasteiger partial charge in [-0.2, -0.15) is 13.2 Å². The molecule has 1 fully saturated rings. The average molecular weight is 274 g/mol. The van der Waals surface area contributed by atoms with E-state index < -0.39 is 23.8 Å². The molecule has 0 aliphatic heterocycles. The minimum absolute atomic E-state index is 0.0924. The standard InChI is InChI=1S/C13H13F3O3/c1-18-12(17)11(8-2-3-8)19-10-6-4-9(5-7-10)13(14,15)16/h4-8,11H,2-3H2,1H3. The Bertz CT molecular complexity index is 449. The molecule has 0 bridgehead atoms. The van der Waals surface area contributed by atoms with E-state index in [-0.39, 0.29) is 11.7 Å². The predicted molar refractivity (Wildman–Crippen MR) is 60.6 cm³/mol. The van der Waals surface area contributed by atoms with Gasteiger partial charge >= 0.3 is 12.1 Å². The van der Waals surface area contributed by atoms with Crippen molar-refractivity contribution in [3.63, 3.8) is 0 Å². The van der Waals surface area contributed by atoms with Gasteiger partial charge in [-0.3, -0.25) is 0 Å². The Morgan fingerprint density at radius 1 is 1.26 bits per heavy atom. The molecule has 1 saturated carbocycles. The van der Waals surface area contributed by atoms with E-state index in [2.05, 4.69) is 4.74 Å². The summed E-state index contributed by atoms with van der Waals surface area (Å²) >= 11 is 0. The topological polar surface area (TPSA) is 35.5 Å². The van der Waals surface area contributed by atoms with Crippen molar-refractivity contribution in [1.29, 1.82) is 0 Å². The number of rotatable bonds is 4. The molecule has 104 valence electrons. The van der Waals surface area contributed by atoms with Gasteiger partial charge in [0.2, 0.25) is 0 Å². The summed E-state index contributed by atoms with van der Waals surface area (Å²) in [6.45, 7) is 0. The van der Waals surface area contributed by atoms with E-state index in [1.165, 1.54) is 19.2 Å². The van der Waals surface area contributed by atoms with E-state index in [1.807, 2.05) is 0 Å². The molecule has 1 aliphatic rings. The van der Waals surface area contributed by atoms with Gasteiger partial charge in [0.1, 0.15) is 5.75 Å². The van der Waals surface area contributed by atoms with Crippen LogP contribution in [0.3, 0.4) is 0 Å². The zero-order valence-corrected chi connectivity index (χ0v) is 10.2. The van der Waals surface area contributed by atoms with Gasteiger partial charge in [-0.05, 0) is 37.1 Å². The molecule has 1 aromatic rings. The summed E-state index contributed by atoms with van der Waals surface area (Å²) < 4.78 is 47.2. The fraction of sp³-hybridized carbons (Fsp3) is 0.462. The second kappa shape index (κ2) is 5.11. The number of hydrogen-bond donors (Lipinski definition) is 0. The second-order valence-corrected chi connectivity index (χ2v) is 4.42. The van der Waals surface area contributed by atoms with E-state index in [4.69, 9.17) is 4.74 Å². The molecule has 19 heavy (non-hydrogen) atoms. The number of alkyl halides is 3. The Labute approximate surface area is 108 Å². The molecular weight excluding hydrogens is 261 g/mol. The number of esters is 1. The minimum Gasteiger partial charge on any atom is -0.478 e. The van der Waals surface area contributed by atoms with Crippen LogP contribution in [0.25, 0.3) is 0 Å². The SMILES string of the molecule is COC(=O)C(Oc1ccc(C(F)(F)F)cc1)C1CC1. The molecule has 1 atom stereocenters. The van der Waals surface area contributed by atoms with E-state index in [1.54, 1.807) is 0 Å². The van der Waals surface area contributed by atoms with Gasteiger partial charge in [0.05, 0.1) is 12.7 Å². The first-order valence-corrected chi connectivity index (χ1v) is 5.83. The zero-order valence-electron chi connectivity index (χ0n) is 10.2. The van der Waals surface area contributed by atoms with Crippen molar-refractivity contribution >= 4 is 5.97 Å². The lowest BCUT2D eigenvalue weighted by atomic mass is 10.2. The third kappa shape index (κ3) is 3.39. The van der Waals surface area contributed by atoms with Crippen LogP contribution in [0.1, 0.15) is 18.4 Å². The molecule has 0 radical (unpaired) electrons. The van der Waals surface area contributed by atoms with E-state index in [9.17, 15) is 18.0 Å². The van der Waals surface area contributed by atoms with E-state index in [0.717, 1.165) is 25.0 Å². The van der Waals surface area contributed by atoms with Crippen LogP contribution in [0, 0.1) is 5.92 Å². The molecule has 0 heterocycles. The Morgan fingerprint density at radius 3 is 2.26 bits per heavy atom. The highest BCUT2D eigenvalue weighted by molar-refractivity contribution is 5.75. The highest BCUT2D eigenvalue weighted by Gasteiger charge is 2.39. The molecule has 3 nitrogen and oxygen atoms in total. The molecule has 1 aromatic carbocycles. The number of methoxy groups -OCH3 is 1. The lowest BCUT2D eigenvalue weighted by Crippen LogP contribution is -2.30. The minimum atomic E-state index is -4.38. The predicted octanol–water partition coefficient (Wildman–Crippen LogP) is 3.04. The zero-order chi connectivity index (χ0) is 14.0. The van der Waals surface area contributed by atoms with Crippen LogP contribution in [0.15, 0.2) is 24.3 Å². The molecule has 0 saturated heterocycles. The summed E-state index contributed by atoms with van der Waals surface area (Å²) in [7, 11) is 1.26. The number of halogens is 3. The normalized spacial score (nSPS) is 16.8. The van der Waals surface area contributed by atoms with E-state index in [0.29, 0.717) is 0 Å². The maximum atomic E-state index is 12.4. The van der Waals surface area contributed by atoms with Crippen LogP contribution in [0.2, 0.25) is 0 Å². The van der Waals surface area contributed by atoms with Crippen molar-refractivity contribution in [2.24, 2.45) is 5.92 Å². The Hall–Kier alpha value is -1.72. The van der Waals surface area contributed by atoms with Gasteiger partial charge in [-0.25, -0.2) is 4.79 Å². The molecule has 0 spiro atoms. The Morgan fingerprint density at radius 2 is 1.84 bits per heavy atom. The highest BCUT2D eigenvalue weighted by Crippen LogP contribution is 2.36. The second-order valence-electron chi connectivity index (χ2n) is 4.42. The first kappa shape index (κ1) is 13.7. The highest BCUT2D eigenvalue weighted by atomic mass is 19.4. The first-order valence-electron chi connectivity index (χ1n) is 5.83. The lowest BCUT2D eigenvalue weighted by molar-refractivity contribution is -0.150. The molecule has 1 unspecified atom stereocenters. The van der Waals surface area contributed by atoms with Gasteiger partial charge in [-0.1, -0.05) is 0 Å². The Balaban J connectivity index is 2.07. The molecule has 0 N–H and O–H groups in total. The van der Waals surface area contributed by atoms with Crippen LogP contribution < -0.4 is 4.74 Å². The fourth-order valence-corrected chi connectivity index (χ4v) is 1.72. The van der Waals surface area contributed by atoms with Crippen molar-refractivity contribution in [3.05, 3.63) is 29.8 Å². The van der Waals surface area contributed by atoms with Gasteiger partial charge in [0, 0.05) is 5.92 Å². The maximum absolute atomic E-state index is 12.4. The summed E-state index contributed by atoms with van der Waals surface area (Å²) in [6.07, 6.45) is -3.39. The molecule has 0 aromatic heterocycles. The van der Waals surface area contributed by atoms with Crippen molar-refractivity contribution in [2.75, 3.05) is 7.11 Å². The van der Waals surface area contributed by atoms with Gasteiger partial charge in [0.15, 0.2) is 6.10 Å². The van der Waals surface area contributed by atoms with Crippen LogP contribution >= 0.6 is 0 Å². The van der Waals surface area contributed by atoms with Crippen molar-refractivity contribution in [2.45, 2.75) is 25.1 Å². The number of ether oxygens (including phenoxy) is 2. The third-order valence-corrected chi connectivity index (χ3v) is 2.93. The maximum Gasteiger partial charge on any atom is 0.416 e. The van der Waals surface area contributed by atoms with Gasteiger partial charge in [-0.15, -0.1) is 0 Å². The Kier molecular flexibility index (Phi) is 3.68. The van der Waals surface area contributed by atoms with Crippen LogP contribution in [0.4, 0.5) is 13.2 Å². The summed E-state index contributed by atoms with van der Waals surface area (Å²) in [5.41, 5.74) is -0.749. The smallest absolute Gasteiger partial charge is 0.416 e. The number of benzene rings is 1. The molecule has 6 heteroatoms. The number of carbonyl (C=O) groups excluding carboxylic acids is 1. The number of carbonyl (C=O) groups is 1. The molecule has 1 aliphatic carbocycles. The van der Waals surface area contributed by atoms with Crippen molar-refractivity contribution in [1.82, 2.24) is 0 Å². The quantitative estimate of drug-likeness (QED) is 0.792. The third-order valence-electron chi connectivity index (χ3n) is 2.93. The fourth-order valence-electron chi connectivity index (χ4n) is 1.72. The van der Waals surface area contributed by atoms with Gasteiger partial charge < -0.3 is 9.47 Å². The van der Waals surface area contributed by atoms with Crippen LogP contribution in [0.5, 0.6) is 5.75 Å². The van der Waals surface area contributed by atoms with Crippen molar-refractivity contribution < 1.29 is 27.4 Å². The van der Waals surface area contributed by atoms with E-state index >= 15 is 0 Å². The average Bonchev–Trinajstić information content (AvgIpc) is 3.19. The number of hydrogen-bond acceptors (Lipinski definition) is 3. The first-order chi connectivity index (χ1) is 8.91. The summed E-state index contributed by atoms with van der Waals surface area (Å²) in [5.74, 6) is -0.174.